The monoisotopic (exact) mass is 743 g/mol. The quantitative estimate of drug-likeness (QED) is 0.0299. The molecule has 0 saturated heterocycles. The van der Waals surface area contributed by atoms with Crippen LogP contribution in [0.1, 0.15) is 142 Å². The predicted octanol–water partition coefficient (Wildman–Crippen LogP) is 10.8. The summed E-state index contributed by atoms with van der Waals surface area (Å²) in [6, 6.07) is -0.625. The molecule has 0 aliphatic heterocycles. The van der Waals surface area contributed by atoms with Crippen molar-refractivity contribution in [3.63, 3.8) is 0 Å². The number of quaternary nitrogens is 1. The van der Waals surface area contributed by atoms with Crippen molar-refractivity contribution in [3.8, 4) is 0 Å². The van der Waals surface area contributed by atoms with Gasteiger partial charge >= 0.3 is 17.9 Å². The van der Waals surface area contributed by atoms with Crippen LogP contribution in [0.3, 0.4) is 0 Å². The van der Waals surface area contributed by atoms with E-state index in [2.05, 4.69) is 86.8 Å². The molecule has 0 saturated carbocycles. The summed E-state index contributed by atoms with van der Waals surface area (Å²) in [5.74, 6) is -1.54. The van der Waals surface area contributed by atoms with Crippen LogP contribution in [-0.2, 0) is 28.6 Å². The standard InChI is InChI=1S/C45H75NO7/c1-6-8-10-12-14-16-18-19-20-21-22-23-24-25-26-28-30-32-34-36-44(48)53-41(39-51-38-37-42(45(49)50)46(3,4)5)40-52-43(47)35-33-31-29-27-17-15-13-11-9-7-2/h8,10,13-16,19-20,22-23,25-26,41-42H,6-7,9,11-12,17-18,21,24,27-40H2,1-5H3/p+1/b10-8+,15-13+,16-14+,20-19+,23-22+,26-25+. The maximum atomic E-state index is 12.7. The second-order valence-electron chi connectivity index (χ2n) is 14.5. The summed E-state index contributed by atoms with van der Waals surface area (Å²) < 4.78 is 17.2. The van der Waals surface area contributed by atoms with Crippen molar-refractivity contribution >= 4 is 17.9 Å². The van der Waals surface area contributed by atoms with Crippen molar-refractivity contribution in [1.29, 1.82) is 0 Å². The number of unbranched alkanes of at least 4 members (excludes halogenated alkanes) is 9. The summed E-state index contributed by atoms with van der Waals surface area (Å²) in [6.07, 6.45) is 43.8. The van der Waals surface area contributed by atoms with Crippen molar-refractivity contribution < 1.29 is 38.2 Å². The molecule has 0 spiro atoms. The molecule has 0 rings (SSSR count). The minimum absolute atomic E-state index is 0.0400. The molecule has 0 heterocycles. The minimum atomic E-state index is -0.886. The molecule has 0 aliphatic rings. The van der Waals surface area contributed by atoms with Gasteiger partial charge in [0.15, 0.2) is 12.1 Å². The highest BCUT2D eigenvalue weighted by Crippen LogP contribution is 2.12. The molecule has 0 aromatic rings. The van der Waals surface area contributed by atoms with Gasteiger partial charge in [-0.2, -0.15) is 0 Å². The number of esters is 2. The van der Waals surface area contributed by atoms with Gasteiger partial charge in [-0.1, -0.05) is 119 Å². The highest BCUT2D eigenvalue weighted by Gasteiger charge is 2.31. The smallest absolute Gasteiger partial charge is 0.362 e. The van der Waals surface area contributed by atoms with E-state index in [9.17, 15) is 19.5 Å². The number of carbonyl (C=O) groups excluding carboxylic acids is 2. The third-order valence-corrected chi connectivity index (χ3v) is 8.59. The summed E-state index contributed by atoms with van der Waals surface area (Å²) in [4.78, 5) is 36.8. The lowest BCUT2D eigenvalue weighted by atomic mass is 10.1. The van der Waals surface area contributed by atoms with E-state index < -0.39 is 18.1 Å². The van der Waals surface area contributed by atoms with E-state index in [1.165, 1.54) is 12.8 Å². The van der Waals surface area contributed by atoms with Crippen LogP contribution in [0.4, 0.5) is 0 Å². The Morgan fingerprint density at radius 1 is 0.585 bits per heavy atom. The van der Waals surface area contributed by atoms with E-state index in [1.807, 2.05) is 21.1 Å². The zero-order valence-corrected chi connectivity index (χ0v) is 34.2. The molecule has 1 N–H and O–H groups in total. The zero-order chi connectivity index (χ0) is 39.3. The number of hydrogen-bond acceptors (Lipinski definition) is 6. The van der Waals surface area contributed by atoms with E-state index in [0.29, 0.717) is 12.8 Å². The van der Waals surface area contributed by atoms with Crippen molar-refractivity contribution in [2.45, 2.75) is 154 Å². The van der Waals surface area contributed by atoms with Crippen LogP contribution in [0.2, 0.25) is 0 Å². The lowest BCUT2D eigenvalue weighted by Gasteiger charge is -2.31. The Hall–Kier alpha value is -3.23. The Labute approximate surface area is 323 Å². The van der Waals surface area contributed by atoms with Crippen molar-refractivity contribution in [3.05, 3.63) is 72.9 Å². The molecule has 8 nitrogen and oxygen atoms in total. The third kappa shape index (κ3) is 34.3. The minimum Gasteiger partial charge on any atom is -0.477 e. The predicted molar refractivity (Wildman–Crippen MR) is 220 cm³/mol. The molecule has 0 aliphatic carbocycles. The Morgan fingerprint density at radius 2 is 1.06 bits per heavy atom. The molecule has 0 aromatic carbocycles. The number of aliphatic carboxylic acids is 1. The molecule has 0 radical (unpaired) electrons. The molecule has 0 bridgehead atoms. The molecule has 8 heteroatoms. The van der Waals surface area contributed by atoms with Gasteiger partial charge in [0.05, 0.1) is 34.4 Å². The molecular formula is C45H76NO7+. The van der Waals surface area contributed by atoms with Gasteiger partial charge in [0.1, 0.15) is 6.61 Å². The van der Waals surface area contributed by atoms with Crippen LogP contribution >= 0.6 is 0 Å². The second kappa shape index (κ2) is 35.8. The summed E-state index contributed by atoms with van der Waals surface area (Å²) in [6.45, 7) is 4.50. The average Bonchev–Trinajstić information content (AvgIpc) is 3.11. The second-order valence-corrected chi connectivity index (χ2v) is 14.5. The fraction of sp³-hybridized carbons (Fsp3) is 0.667. The number of rotatable bonds is 35. The molecule has 2 unspecified atom stereocenters. The largest absolute Gasteiger partial charge is 0.477 e. The van der Waals surface area contributed by atoms with Gasteiger partial charge in [0.25, 0.3) is 0 Å². The van der Waals surface area contributed by atoms with Gasteiger partial charge in [0, 0.05) is 19.3 Å². The van der Waals surface area contributed by atoms with Crippen molar-refractivity contribution in [2.24, 2.45) is 0 Å². The number of ether oxygens (including phenoxy) is 3. The summed E-state index contributed by atoms with van der Waals surface area (Å²) in [7, 11) is 5.49. The van der Waals surface area contributed by atoms with Crippen LogP contribution in [0, 0.1) is 0 Å². The summed E-state index contributed by atoms with van der Waals surface area (Å²) in [5.41, 5.74) is 0. The SMILES string of the molecule is CC/C=C/C/C=C/C/C=C/C/C=C/C/C=C/CCCCCC(=O)OC(COCCC(C(=O)O)[N+](C)(C)C)COC(=O)CCCCCC/C=C/CCCC. The number of allylic oxidation sites excluding steroid dienone is 12. The Balaban J connectivity index is 4.46. The van der Waals surface area contributed by atoms with E-state index >= 15 is 0 Å². The molecule has 53 heavy (non-hydrogen) atoms. The Morgan fingerprint density at radius 3 is 1.58 bits per heavy atom. The highest BCUT2D eigenvalue weighted by molar-refractivity contribution is 5.72. The summed E-state index contributed by atoms with van der Waals surface area (Å²) >= 11 is 0. The molecule has 0 aromatic heterocycles. The van der Waals surface area contributed by atoms with E-state index in [4.69, 9.17) is 14.2 Å². The van der Waals surface area contributed by atoms with Crippen LogP contribution < -0.4 is 0 Å². The molecule has 0 amide bonds. The number of nitrogens with zero attached hydrogens (tertiary/aromatic N) is 1. The van der Waals surface area contributed by atoms with Crippen molar-refractivity contribution in [2.75, 3.05) is 41.0 Å². The third-order valence-electron chi connectivity index (χ3n) is 8.59. The number of hydrogen-bond donors (Lipinski definition) is 1. The van der Waals surface area contributed by atoms with Gasteiger partial charge < -0.3 is 23.8 Å². The molecule has 302 valence electrons. The van der Waals surface area contributed by atoms with Gasteiger partial charge in [-0.15, -0.1) is 0 Å². The fourth-order valence-corrected chi connectivity index (χ4v) is 5.39. The van der Waals surface area contributed by atoms with Gasteiger partial charge in [-0.3, -0.25) is 9.59 Å². The Kier molecular flexibility index (Phi) is 33.6. The lowest BCUT2D eigenvalue weighted by Crippen LogP contribution is -2.50. The van der Waals surface area contributed by atoms with E-state index in [0.717, 1.165) is 96.3 Å². The highest BCUT2D eigenvalue weighted by atomic mass is 16.6. The van der Waals surface area contributed by atoms with E-state index in [1.54, 1.807) is 0 Å². The maximum absolute atomic E-state index is 12.7. The Bertz CT molecular complexity index is 1100. The topological polar surface area (TPSA) is 99.1 Å². The summed E-state index contributed by atoms with van der Waals surface area (Å²) in [5, 5.41) is 9.59. The van der Waals surface area contributed by atoms with Gasteiger partial charge in [-0.05, 0) is 77.0 Å². The first-order valence-corrected chi connectivity index (χ1v) is 20.5. The molecular weight excluding hydrogens is 666 g/mol. The van der Waals surface area contributed by atoms with E-state index in [-0.39, 0.29) is 42.7 Å². The average molecular weight is 743 g/mol. The first-order valence-electron chi connectivity index (χ1n) is 20.5. The van der Waals surface area contributed by atoms with Crippen LogP contribution in [0.15, 0.2) is 72.9 Å². The van der Waals surface area contributed by atoms with Crippen LogP contribution in [-0.4, -0.2) is 80.6 Å². The van der Waals surface area contributed by atoms with Crippen LogP contribution in [0.5, 0.6) is 0 Å². The van der Waals surface area contributed by atoms with Gasteiger partial charge in [-0.25, -0.2) is 4.79 Å². The number of likely N-dealkylation sites (N-methyl/N-ethyl adjacent to an activating group) is 1. The first kappa shape index (κ1) is 49.8. The van der Waals surface area contributed by atoms with Crippen molar-refractivity contribution in [1.82, 2.24) is 0 Å². The normalized spacial score (nSPS) is 13.8. The fourth-order valence-electron chi connectivity index (χ4n) is 5.39. The number of carbonyl (C=O) groups is 3. The number of carboxylic acid groups (broad SMARTS) is 1. The number of carboxylic acids is 1. The first-order chi connectivity index (χ1) is 25.6. The lowest BCUT2D eigenvalue weighted by molar-refractivity contribution is -0.887. The zero-order valence-electron chi connectivity index (χ0n) is 34.2. The molecule has 0 fully saturated rings. The molecule has 2 atom stereocenters. The maximum Gasteiger partial charge on any atom is 0.362 e. The van der Waals surface area contributed by atoms with Gasteiger partial charge in [0.2, 0.25) is 0 Å². The van der Waals surface area contributed by atoms with Crippen LogP contribution in [0.25, 0.3) is 0 Å².